The van der Waals surface area contributed by atoms with Gasteiger partial charge in [0.05, 0.1) is 11.0 Å². The van der Waals surface area contributed by atoms with Crippen molar-refractivity contribution in [2.75, 3.05) is 0 Å². The Labute approximate surface area is 276 Å². The van der Waals surface area contributed by atoms with Crippen LogP contribution in [0.25, 0.3) is 71.7 Å². The summed E-state index contributed by atoms with van der Waals surface area (Å²) in [4.78, 5) is 0. The Morgan fingerprint density at radius 1 is 0.532 bits per heavy atom. The quantitative estimate of drug-likeness (QED) is 0.182. The van der Waals surface area contributed by atoms with E-state index in [1.807, 2.05) is 0 Å². The number of furan rings is 1. The van der Waals surface area contributed by atoms with E-state index in [0.29, 0.717) is 6.71 Å². The van der Waals surface area contributed by atoms with Crippen LogP contribution in [0, 0.1) is 10.8 Å². The lowest BCUT2D eigenvalue weighted by atomic mass is 9.42. The molecule has 47 heavy (non-hydrogen) atoms. The molecule has 0 spiro atoms. The molecule has 8 aromatic rings. The van der Waals surface area contributed by atoms with Gasteiger partial charge in [0.1, 0.15) is 11.2 Å². The Hall–Kier alpha value is -5.02. The van der Waals surface area contributed by atoms with Crippen molar-refractivity contribution in [2.24, 2.45) is 10.8 Å². The first-order valence-electron chi connectivity index (χ1n) is 16.9. The maximum absolute atomic E-state index is 7.07. The molecule has 0 atom stereocenters. The van der Waals surface area contributed by atoms with Gasteiger partial charge in [-0.05, 0) is 46.2 Å². The zero-order chi connectivity index (χ0) is 31.9. The standard InChI is InChI=1S/C44H38BNO/c1-43(2)27-45(28-44(43,3)4)30-25-36(29-15-7-5-8-16-29)42-37(26-30)34-22-13-21-33(41(34)47-42)32-20-14-24-39-40(32)35-19-11-12-23-38(35)46(39)31-17-9-6-10-18-31/h5-26H,27-28H2,1-4H3. The van der Waals surface area contributed by atoms with Crippen molar-refractivity contribution in [3.05, 3.63) is 133 Å². The Morgan fingerprint density at radius 3 is 1.89 bits per heavy atom. The second-order valence-corrected chi connectivity index (χ2v) is 14.9. The van der Waals surface area contributed by atoms with E-state index < -0.39 is 0 Å². The van der Waals surface area contributed by atoms with E-state index in [-0.39, 0.29) is 10.8 Å². The number of fused-ring (bicyclic) bond motifs is 6. The first kappa shape index (κ1) is 28.2. The van der Waals surface area contributed by atoms with E-state index in [2.05, 4.69) is 166 Å². The van der Waals surface area contributed by atoms with E-state index in [0.717, 1.165) is 22.4 Å². The lowest BCUT2D eigenvalue weighted by Gasteiger charge is -2.35. The van der Waals surface area contributed by atoms with Crippen LogP contribution in [0.3, 0.4) is 0 Å². The van der Waals surface area contributed by atoms with E-state index in [4.69, 9.17) is 4.42 Å². The first-order chi connectivity index (χ1) is 22.8. The summed E-state index contributed by atoms with van der Waals surface area (Å²) in [6.07, 6.45) is 2.38. The Kier molecular flexibility index (Phi) is 6.15. The molecule has 0 saturated carbocycles. The van der Waals surface area contributed by atoms with Gasteiger partial charge in [0.25, 0.3) is 0 Å². The second kappa shape index (κ2) is 10.2. The molecule has 1 saturated heterocycles. The van der Waals surface area contributed by atoms with Crippen LogP contribution in [-0.2, 0) is 0 Å². The molecule has 3 heteroatoms. The predicted octanol–water partition coefficient (Wildman–Crippen LogP) is 11.8. The van der Waals surface area contributed by atoms with E-state index in [1.54, 1.807) is 0 Å². The molecule has 1 aliphatic heterocycles. The van der Waals surface area contributed by atoms with E-state index in [1.165, 1.54) is 67.4 Å². The molecular weight excluding hydrogens is 569 g/mol. The summed E-state index contributed by atoms with van der Waals surface area (Å²) in [6, 6.07) is 48.5. The van der Waals surface area contributed by atoms with Crippen molar-refractivity contribution >= 4 is 55.9 Å². The van der Waals surface area contributed by atoms with Crippen LogP contribution in [0.4, 0.5) is 0 Å². The summed E-state index contributed by atoms with van der Waals surface area (Å²) in [5, 5.41) is 4.88. The molecule has 0 bridgehead atoms. The molecular formula is C44H38BNO. The smallest absolute Gasteiger partial charge is 0.177 e. The summed E-state index contributed by atoms with van der Waals surface area (Å²) in [5.74, 6) is 0. The third-order valence-electron chi connectivity index (χ3n) is 11.5. The molecule has 0 radical (unpaired) electrons. The molecule has 0 unspecified atom stereocenters. The fourth-order valence-corrected chi connectivity index (χ4v) is 8.39. The number of hydrogen-bond acceptors (Lipinski definition) is 1. The predicted molar refractivity (Wildman–Crippen MR) is 201 cm³/mol. The van der Waals surface area contributed by atoms with Crippen LogP contribution in [0.2, 0.25) is 12.6 Å². The zero-order valence-corrected chi connectivity index (χ0v) is 27.5. The molecule has 6 aromatic carbocycles. The molecule has 1 fully saturated rings. The van der Waals surface area contributed by atoms with Gasteiger partial charge in [0.15, 0.2) is 6.71 Å². The van der Waals surface area contributed by atoms with Gasteiger partial charge in [-0.15, -0.1) is 0 Å². The molecule has 0 aliphatic carbocycles. The third-order valence-corrected chi connectivity index (χ3v) is 11.5. The number of nitrogens with zero attached hydrogens (tertiary/aromatic N) is 1. The maximum Gasteiger partial charge on any atom is 0.177 e. The minimum absolute atomic E-state index is 0.281. The van der Waals surface area contributed by atoms with Crippen LogP contribution in [-0.4, -0.2) is 11.3 Å². The fraction of sp³-hybridized carbons (Fsp3) is 0.182. The molecule has 1 aliphatic rings. The molecule has 228 valence electrons. The zero-order valence-electron chi connectivity index (χ0n) is 27.5. The highest BCUT2D eigenvalue weighted by atomic mass is 16.3. The Morgan fingerprint density at radius 2 is 1.13 bits per heavy atom. The normalized spacial score (nSPS) is 15.8. The summed E-state index contributed by atoms with van der Waals surface area (Å²) in [6.45, 7) is 10.3. The summed E-state index contributed by atoms with van der Waals surface area (Å²) in [5.41, 5.74) is 12.2. The van der Waals surface area contributed by atoms with Gasteiger partial charge in [-0.1, -0.05) is 155 Å². The van der Waals surface area contributed by atoms with Crippen LogP contribution in [0.5, 0.6) is 0 Å². The van der Waals surface area contributed by atoms with E-state index >= 15 is 0 Å². The number of benzene rings is 6. The largest absolute Gasteiger partial charge is 0.455 e. The van der Waals surface area contributed by atoms with Crippen molar-refractivity contribution in [2.45, 2.75) is 40.3 Å². The molecule has 0 amide bonds. The van der Waals surface area contributed by atoms with Crippen LogP contribution >= 0.6 is 0 Å². The average Bonchev–Trinajstić information content (AvgIpc) is 3.71. The fourth-order valence-electron chi connectivity index (χ4n) is 8.39. The van der Waals surface area contributed by atoms with Crippen molar-refractivity contribution in [3.8, 4) is 27.9 Å². The molecule has 0 N–H and O–H groups in total. The van der Waals surface area contributed by atoms with Crippen LogP contribution in [0.15, 0.2) is 138 Å². The highest BCUT2D eigenvalue weighted by Gasteiger charge is 2.48. The van der Waals surface area contributed by atoms with Crippen molar-refractivity contribution in [1.82, 2.24) is 4.57 Å². The molecule has 2 nitrogen and oxygen atoms in total. The molecule has 3 heterocycles. The highest BCUT2D eigenvalue weighted by molar-refractivity contribution is 6.74. The monoisotopic (exact) mass is 607 g/mol. The van der Waals surface area contributed by atoms with Gasteiger partial charge in [0.2, 0.25) is 0 Å². The van der Waals surface area contributed by atoms with Gasteiger partial charge in [0, 0.05) is 38.4 Å². The Bertz CT molecular complexity index is 2450. The van der Waals surface area contributed by atoms with Gasteiger partial charge in [-0.2, -0.15) is 0 Å². The highest BCUT2D eigenvalue weighted by Crippen LogP contribution is 2.53. The van der Waals surface area contributed by atoms with Gasteiger partial charge in [-0.25, -0.2) is 0 Å². The summed E-state index contributed by atoms with van der Waals surface area (Å²) < 4.78 is 9.45. The van der Waals surface area contributed by atoms with E-state index in [9.17, 15) is 0 Å². The number of hydrogen-bond donors (Lipinski definition) is 0. The SMILES string of the molecule is CC1(C)CB(c2cc(-c3ccccc3)c3oc4c(-c5cccc6c5c5ccccc5n6-c5ccccc5)cccc4c3c2)CC1(C)C. The van der Waals surface area contributed by atoms with Gasteiger partial charge in [-0.3, -0.25) is 0 Å². The average molecular weight is 608 g/mol. The Balaban J connectivity index is 1.32. The van der Waals surface area contributed by atoms with Crippen molar-refractivity contribution in [1.29, 1.82) is 0 Å². The number of rotatable bonds is 4. The lowest BCUT2D eigenvalue weighted by Crippen LogP contribution is -2.28. The van der Waals surface area contributed by atoms with Crippen LogP contribution in [0.1, 0.15) is 27.7 Å². The lowest BCUT2D eigenvalue weighted by molar-refractivity contribution is 0.177. The molecule has 9 rings (SSSR count). The van der Waals surface area contributed by atoms with Gasteiger partial charge >= 0.3 is 0 Å². The minimum atomic E-state index is 0.281. The number of aromatic nitrogens is 1. The summed E-state index contributed by atoms with van der Waals surface area (Å²) in [7, 11) is 0. The molecule has 2 aromatic heterocycles. The topological polar surface area (TPSA) is 18.1 Å². The van der Waals surface area contributed by atoms with Crippen molar-refractivity contribution in [3.63, 3.8) is 0 Å². The summed E-state index contributed by atoms with van der Waals surface area (Å²) >= 11 is 0. The second-order valence-electron chi connectivity index (χ2n) is 14.9. The third kappa shape index (κ3) is 4.26. The number of para-hydroxylation sites is 3. The maximum atomic E-state index is 7.07. The van der Waals surface area contributed by atoms with Crippen molar-refractivity contribution < 1.29 is 4.42 Å². The minimum Gasteiger partial charge on any atom is -0.455 e. The van der Waals surface area contributed by atoms with Crippen LogP contribution < -0.4 is 5.46 Å². The van der Waals surface area contributed by atoms with Gasteiger partial charge < -0.3 is 8.98 Å². The first-order valence-corrected chi connectivity index (χ1v) is 16.9.